The van der Waals surface area contributed by atoms with Crippen LogP contribution < -0.4 is 5.73 Å². The van der Waals surface area contributed by atoms with Crippen molar-refractivity contribution in [1.82, 2.24) is 4.90 Å². The van der Waals surface area contributed by atoms with Crippen LogP contribution in [0.4, 0.5) is 0 Å². The van der Waals surface area contributed by atoms with Gasteiger partial charge in [0, 0.05) is 19.1 Å². The predicted molar refractivity (Wildman–Crippen MR) is 56.9 cm³/mol. The average molecular weight is 188 g/mol. The quantitative estimate of drug-likeness (QED) is 0.650. The number of ether oxygens (including phenoxy) is 1. The van der Waals surface area contributed by atoms with Gasteiger partial charge in [0.05, 0.1) is 12.7 Å². The van der Waals surface area contributed by atoms with E-state index in [2.05, 4.69) is 32.7 Å². The van der Waals surface area contributed by atoms with E-state index in [0.717, 1.165) is 26.1 Å². The maximum Gasteiger partial charge on any atom is 0.0596 e. The molecular weight excluding hydrogens is 164 g/mol. The van der Waals surface area contributed by atoms with Crippen molar-refractivity contribution >= 4 is 0 Å². The van der Waals surface area contributed by atoms with Gasteiger partial charge in [-0.05, 0) is 27.3 Å². The monoisotopic (exact) mass is 188 g/mol. The molecule has 0 aromatic heterocycles. The van der Waals surface area contributed by atoms with Crippen molar-refractivity contribution in [3.05, 3.63) is 0 Å². The van der Waals surface area contributed by atoms with Gasteiger partial charge in [-0.15, -0.1) is 0 Å². The van der Waals surface area contributed by atoms with Crippen LogP contribution in [0.1, 0.15) is 27.2 Å². The van der Waals surface area contributed by atoms with Crippen LogP contribution in [0.5, 0.6) is 0 Å². The molecule has 0 aromatic carbocycles. The van der Waals surface area contributed by atoms with Crippen molar-refractivity contribution in [2.24, 2.45) is 5.73 Å². The van der Waals surface area contributed by atoms with E-state index in [9.17, 15) is 0 Å². The van der Waals surface area contributed by atoms with Gasteiger partial charge in [0.2, 0.25) is 0 Å². The zero-order valence-corrected chi connectivity index (χ0v) is 9.42. The SMILES string of the molecule is CCC(CN)N(C)CCOC(C)C. The summed E-state index contributed by atoms with van der Waals surface area (Å²) in [5.41, 5.74) is 5.63. The second-order valence-corrected chi connectivity index (χ2v) is 3.70. The van der Waals surface area contributed by atoms with E-state index in [0.29, 0.717) is 12.1 Å². The fourth-order valence-electron chi connectivity index (χ4n) is 1.27. The van der Waals surface area contributed by atoms with Crippen LogP contribution in [0.25, 0.3) is 0 Å². The number of likely N-dealkylation sites (N-methyl/N-ethyl adjacent to an activating group) is 1. The predicted octanol–water partition coefficient (Wildman–Crippen LogP) is 1.08. The van der Waals surface area contributed by atoms with Crippen LogP contribution in [0.2, 0.25) is 0 Å². The minimum absolute atomic E-state index is 0.325. The average Bonchev–Trinajstić information content (AvgIpc) is 2.05. The number of hydrogen-bond acceptors (Lipinski definition) is 3. The van der Waals surface area contributed by atoms with Crippen LogP contribution in [0, 0.1) is 0 Å². The number of nitrogens with two attached hydrogens (primary N) is 1. The summed E-state index contributed by atoms with van der Waals surface area (Å²) in [4.78, 5) is 2.27. The largest absolute Gasteiger partial charge is 0.377 e. The Hall–Kier alpha value is -0.120. The molecule has 1 atom stereocenters. The molecule has 0 saturated carbocycles. The lowest BCUT2D eigenvalue weighted by molar-refractivity contribution is 0.0561. The maximum atomic E-state index is 5.63. The highest BCUT2D eigenvalue weighted by Gasteiger charge is 2.09. The van der Waals surface area contributed by atoms with Gasteiger partial charge in [-0.1, -0.05) is 6.92 Å². The summed E-state index contributed by atoms with van der Waals surface area (Å²) in [7, 11) is 2.10. The Morgan fingerprint density at radius 2 is 2.00 bits per heavy atom. The van der Waals surface area contributed by atoms with Gasteiger partial charge in [0.25, 0.3) is 0 Å². The van der Waals surface area contributed by atoms with Crippen molar-refractivity contribution in [3.63, 3.8) is 0 Å². The summed E-state index contributed by atoms with van der Waals surface area (Å²) in [6.07, 6.45) is 1.43. The van der Waals surface area contributed by atoms with Gasteiger partial charge in [-0.25, -0.2) is 0 Å². The highest BCUT2D eigenvalue weighted by atomic mass is 16.5. The smallest absolute Gasteiger partial charge is 0.0596 e. The van der Waals surface area contributed by atoms with Gasteiger partial charge in [0.15, 0.2) is 0 Å². The van der Waals surface area contributed by atoms with Crippen LogP contribution in [-0.2, 0) is 4.74 Å². The third-order valence-electron chi connectivity index (χ3n) is 2.26. The Morgan fingerprint density at radius 1 is 1.38 bits per heavy atom. The van der Waals surface area contributed by atoms with Crippen LogP contribution >= 0.6 is 0 Å². The van der Waals surface area contributed by atoms with E-state index in [1.807, 2.05) is 0 Å². The molecule has 3 nitrogen and oxygen atoms in total. The Bertz CT molecular complexity index is 113. The molecule has 3 heteroatoms. The van der Waals surface area contributed by atoms with Crippen molar-refractivity contribution in [3.8, 4) is 0 Å². The first-order valence-corrected chi connectivity index (χ1v) is 5.13. The maximum absolute atomic E-state index is 5.63. The number of nitrogens with zero attached hydrogens (tertiary/aromatic N) is 1. The molecule has 0 radical (unpaired) electrons. The van der Waals surface area contributed by atoms with Crippen LogP contribution in [0.3, 0.4) is 0 Å². The zero-order chi connectivity index (χ0) is 10.3. The molecule has 1 unspecified atom stereocenters. The first kappa shape index (κ1) is 12.9. The van der Waals surface area contributed by atoms with Crippen molar-refractivity contribution in [2.45, 2.75) is 39.3 Å². The highest BCUT2D eigenvalue weighted by molar-refractivity contribution is 4.67. The van der Waals surface area contributed by atoms with E-state index >= 15 is 0 Å². The van der Waals surface area contributed by atoms with Gasteiger partial charge in [0.1, 0.15) is 0 Å². The third-order valence-corrected chi connectivity index (χ3v) is 2.26. The molecule has 0 amide bonds. The molecule has 0 rings (SSSR count). The van der Waals surface area contributed by atoms with Crippen molar-refractivity contribution in [1.29, 1.82) is 0 Å². The minimum atomic E-state index is 0.325. The Kier molecular flexibility index (Phi) is 7.23. The highest BCUT2D eigenvalue weighted by Crippen LogP contribution is 1.99. The van der Waals surface area contributed by atoms with Crippen LogP contribution in [-0.4, -0.2) is 43.8 Å². The number of hydrogen-bond donors (Lipinski definition) is 1. The van der Waals surface area contributed by atoms with E-state index < -0.39 is 0 Å². The molecule has 0 aromatic rings. The lowest BCUT2D eigenvalue weighted by atomic mass is 10.2. The summed E-state index contributed by atoms with van der Waals surface area (Å²) < 4.78 is 5.47. The molecule has 0 bridgehead atoms. The summed E-state index contributed by atoms with van der Waals surface area (Å²) in [6, 6.07) is 0.496. The van der Waals surface area contributed by atoms with Crippen molar-refractivity contribution in [2.75, 3.05) is 26.7 Å². The molecule has 80 valence electrons. The van der Waals surface area contributed by atoms with Gasteiger partial charge < -0.3 is 10.5 Å². The molecule has 0 aliphatic rings. The van der Waals surface area contributed by atoms with E-state index in [1.54, 1.807) is 0 Å². The third kappa shape index (κ3) is 6.02. The Labute approximate surface area is 82.2 Å². The molecular formula is C10H24N2O. The molecule has 2 N–H and O–H groups in total. The van der Waals surface area contributed by atoms with Crippen molar-refractivity contribution < 1.29 is 4.74 Å². The molecule has 0 aliphatic carbocycles. The van der Waals surface area contributed by atoms with E-state index in [4.69, 9.17) is 10.5 Å². The lowest BCUT2D eigenvalue weighted by Gasteiger charge is -2.25. The molecule has 0 spiro atoms. The summed E-state index contributed by atoms with van der Waals surface area (Å²) >= 11 is 0. The zero-order valence-electron chi connectivity index (χ0n) is 9.42. The Morgan fingerprint density at radius 3 is 2.38 bits per heavy atom. The fourth-order valence-corrected chi connectivity index (χ4v) is 1.27. The van der Waals surface area contributed by atoms with E-state index in [1.165, 1.54) is 0 Å². The minimum Gasteiger partial charge on any atom is -0.377 e. The fraction of sp³-hybridized carbons (Fsp3) is 1.00. The lowest BCUT2D eigenvalue weighted by Crippen LogP contribution is -2.39. The molecule has 0 aliphatic heterocycles. The number of rotatable bonds is 7. The molecule has 13 heavy (non-hydrogen) atoms. The summed E-state index contributed by atoms with van der Waals surface area (Å²) in [6.45, 7) is 8.77. The summed E-state index contributed by atoms with van der Waals surface area (Å²) in [5.74, 6) is 0. The Balaban J connectivity index is 3.53. The normalized spacial score (nSPS) is 14.1. The molecule has 0 fully saturated rings. The second kappa shape index (κ2) is 7.30. The van der Waals surface area contributed by atoms with Gasteiger partial charge >= 0.3 is 0 Å². The first-order valence-electron chi connectivity index (χ1n) is 5.13. The van der Waals surface area contributed by atoms with Gasteiger partial charge in [-0.3, -0.25) is 4.90 Å². The summed E-state index contributed by atoms with van der Waals surface area (Å²) in [5, 5.41) is 0. The second-order valence-electron chi connectivity index (χ2n) is 3.70. The van der Waals surface area contributed by atoms with E-state index in [-0.39, 0.29) is 0 Å². The van der Waals surface area contributed by atoms with Crippen LogP contribution in [0.15, 0.2) is 0 Å². The standard InChI is InChI=1S/C10H24N2O/c1-5-10(8-11)12(4)6-7-13-9(2)3/h9-10H,5-8,11H2,1-4H3. The first-order chi connectivity index (χ1) is 6.11. The molecule has 0 saturated heterocycles. The van der Waals surface area contributed by atoms with Gasteiger partial charge in [-0.2, -0.15) is 0 Å². The molecule has 0 heterocycles. The topological polar surface area (TPSA) is 38.5 Å².